The van der Waals surface area contributed by atoms with Gasteiger partial charge in [0.15, 0.2) is 5.43 Å². The molecule has 0 bridgehead atoms. The molecule has 3 aromatic rings. The van der Waals surface area contributed by atoms with Crippen LogP contribution in [0.3, 0.4) is 0 Å². The van der Waals surface area contributed by atoms with E-state index in [0.717, 1.165) is 11.1 Å². The first-order chi connectivity index (χ1) is 11.4. The molecule has 6 nitrogen and oxygen atoms in total. The Morgan fingerprint density at radius 1 is 1.08 bits per heavy atom. The molecule has 2 aromatic carbocycles. The smallest absolute Gasteiger partial charge is 0.382 e. The zero-order valence-electron chi connectivity index (χ0n) is 13.1. The second-order valence-electron chi connectivity index (χ2n) is 5.19. The Morgan fingerprint density at radius 2 is 1.83 bits per heavy atom. The molecule has 7 heteroatoms. The van der Waals surface area contributed by atoms with Crippen molar-refractivity contribution in [2.75, 3.05) is 7.05 Å². The predicted molar refractivity (Wildman–Crippen MR) is 91.3 cm³/mol. The van der Waals surface area contributed by atoms with Crippen molar-refractivity contribution in [3.63, 3.8) is 0 Å². The fraction of sp³-hybridized carbons (Fsp3) is 0.118. The summed E-state index contributed by atoms with van der Waals surface area (Å²) in [6.45, 7) is 1.92. The van der Waals surface area contributed by atoms with Gasteiger partial charge in [-0.25, -0.2) is 0 Å². The highest BCUT2D eigenvalue weighted by atomic mass is 32.2. The molecule has 0 fully saturated rings. The third-order valence-corrected chi connectivity index (χ3v) is 4.48. The molecule has 0 unspecified atom stereocenters. The van der Waals surface area contributed by atoms with E-state index in [1.54, 1.807) is 0 Å². The maximum absolute atomic E-state index is 12.3. The van der Waals surface area contributed by atoms with Gasteiger partial charge in [0.2, 0.25) is 0 Å². The molecule has 0 amide bonds. The summed E-state index contributed by atoms with van der Waals surface area (Å²) < 4.78 is 35.7. The zero-order chi connectivity index (χ0) is 17.3. The van der Waals surface area contributed by atoms with Crippen LogP contribution in [0.4, 0.5) is 0 Å². The number of nitrogens with one attached hydrogen (secondary N) is 1. The highest BCUT2D eigenvalue weighted by Crippen LogP contribution is 2.27. The molecule has 0 aliphatic carbocycles. The van der Waals surface area contributed by atoms with Crippen LogP contribution in [-0.2, 0) is 10.3 Å². The summed E-state index contributed by atoms with van der Waals surface area (Å²) in [5.74, 6) is 0.473. The molecule has 1 N–H and O–H groups in total. The Bertz CT molecular complexity index is 1070. The molecule has 0 aliphatic heterocycles. The highest BCUT2D eigenvalue weighted by Gasteiger charge is 2.13. The third kappa shape index (κ3) is 3.17. The van der Waals surface area contributed by atoms with Gasteiger partial charge >= 0.3 is 10.3 Å². The van der Waals surface area contributed by atoms with Crippen LogP contribution in [0.15, 0.2) is 57.7 Å². The van der Waals surface area contributed by atoms with Crippen molar-refractivity contribution >= 4 is 21.3 Å². The molecule has 0 radical (unpaired) electrons. The second kappa shape index (κ2) is 6.10. The number of rotatable bonds is 4. The summed E-state index contributed by atoms with van der Waals surface area (Å²) in [5.41, 5.74) is 1.80. The van der Waals surface area contributed by atoms with Crippen LogP contribution in [0.2, 0.25) is 0 Å². The molecule has 0 saturated carbocycles. The molecular weight excluding hydrogens is 330 g/mol. The molecule has 1 heterocycles. The summed E-state index contributed by atoms with van der Waals surface area (Å²) in [5, 5.41) is 0.349. The Morgan fingerprint density at radius 3 is 2.54 bits per heavy atom. The number of hydrogen-bond acceptors (Lipinski definition) is 5. The van der Waals surface area contributed by atoms with Crippen LogP contribution >= 0.6 is 0 Å². The van der Waals surface area contributed by atoms with Gasteiger partial charge in [0, 0.05) is 24.7 Å². The largest absolute Gasteiger partial charge is 0.456 e. The Kier molecular flexibility index (Phi) is 4.13. The van der Waals surface area contributed by atoms with E-state index in [1.807, 2.05) is 31.2 Å². The van der Waals surface area contributed by atoms with Crippen LogP contribution in [0.1, 0.15) is 5.56 Å². The molecule has 0 atom stereocenters. The SMILES string of the molecule is CNS(=O)(=O)Oc1ccc2c(=O)cc(-c3ccccc3C)oc2c1. The maximum atomic E-state index is 12.3. The monoisotopic (exact) mass is 345 g/mol. The van der Waals surface area contributed by atoms with Gasteiger partial charge in [-0.3, -0.25) is 4.79 Å². The lowest BCUT2D eigenvalue weighted by atomic mass is 10.1. The maximum Gasteiger partial charge on any atom is 0.382 e. The summed E-state index contributed by atoms with van der Waals surface area (Å²) in [6.07, 6.45) is 0. The summed E-state index contributed by atoms with van der Waals surface area (Å²) >= 11 is 0. The van der Waals surface area contributed by atoms with Crippen LogP contribution in [-0.4, -0.2) is 15.5 Å². The normalized spacial score (nSPS) is 11.6. The van der Waals surface area contributed by atoms with Gasteiger partial charge in [0.1, 0.15) is 17.1 Å². The lowest BCUT2D eigenvalue weighted by Crippen LogP contribution is -2.24. The standard InChI is InChI=1S/C17H15NO5S/c1-11-5-3-4-6-13(11)17-10-15(19)14-8-7-12(9-16(14)22-17)23-24(20,21)18-2/h3-10,18H,1-2H3. The van der Waals surface area contributed by atoms with E-state index in [1.165, 1.54) is 31.3 Å². The molecular formula is C17H15NO5S. The van der Waals surface area contributed by atoms with Gasteiger partial charge in [-0.15, -0.1) is 0 Å². The van der Waals surface area contributed by atoms with Crippen molar-refractivity contribution < 1.29 is 17.0 Å². The molecule has 24 heavy (non-hydrogen) atoms. The average molecular weight is 345 g/mol. The number of aryl methyl sites for hydroxylation is 1. The second-order valence-corrected chi connectivity index (χ2v) is 6.67. The average Bonchev–Trinajstić information content (AvgIpc) is 2.54. The molecule has 1 aromatic heterocycles. The van der Waals surface area contributed by atoms with Gasteiger partial charge in [0.25, 0.3) is 0 Å². The van der Waals surface area contributed by atoms with Crippen LogP contribution in [0, 0.1) is 6.92 Å². The van der Waals surface area contributed by atoms with Crippen molar-refractivity contribution in [2.45, 2.75) is 6.92 Å². The zero-order valence-corrected chi connectivity index (χ0v) is 13.9. The van der Waals surface area contributed by atoms with Gasteiger partial charge in [0.05, 0.1) is 5.39 Å². The third-order valence-electron chi connectivity index (χ3n) is 3.57. The molecule has 3 rings (SSSR count). The minimum absolute atomic E-state index is 0.0573. The highest BCUT2D eigenvalue weighted by molar-refractivity contribution is 7.85. The summed E-state index contributed by atoms with van der Waals surface area (Å²) in [6, 6.07) is 13.2. The van der Waals surface area contributed by atoms with E-state index in [2.05, 4.69) is 4.72 Å². The van der Waals surface area contributed by atoms with Crippen molar-refractivity contribution in [3.8, 4) is 17.1 Å². The van der Waals surface area contributed by atoms with Gasteiger partial charge in [-0.2, -0.15) is 13.1 Å². The van der Waals surface area contributed by atoms with Gasteiger partial charge in [-0.05, 0) is 24.6 Å². The van der Waals surface area contributed by atoms with Gasteiger partial charge in [-0.1, -0.05) is 24.3 Å². The minimum atomic E-state index is -3.89. The van der Waals surface area contributed by atoms with E-state index < -0.39 is 10.3 Å². The number of benzene rings is 2. The predicted octanol–water partition coefficient (Wildman–Crippen LogP) is 2.61. The van der Waals surface area contributed by atoms with Crippen LogP contribution in [0.5, 0.6) is 5.75 Å². The fourth-order valence-electron chi connectivity index (χ4n) is 2.34. The van der Waals surface area contributed by atoms with E-state index in [-0.39, 0.29) is 16.8 Å². The van der Waals surface area contributed by atoms with Crippen molar-refractivity contribution in [3.05, 3.63) is 64.3 Å². The van der Waals surface area contributed by atoms with Crippen molar-refractivity contribution in [1.29, 1.82) is 0 Å². The van der Waals surface area contributed by atoms with E-state index in [0.29, 0.717) is 11.1 Å². The van der Waals surface area contributed by atoms with Crippen molar-refractivity contribution in [1.82, 2.24) is 4.72 Å². The van der Waals surface area contributed by atoms with E-state index in [9.17, 15) is 13.2 Å². The number of hydrogen-bond donors (Lipinski definition) is 1. The van der Waals surface area contributed by atoms with E-state index >= 15 is 0 Å². The first-order valence-electron chi connectivity index (χ1n) is 7.16. The lowest BCUT2D eigenvalue weighted by molar-refractivity contribution is 0.476. The summed E-state index contributed by atoms with van der Waals surface area (Å²) in [7, 11) is -2.65. The molecule has 0 aliphatic rings. The van der Waals surface area contributed by atoms with E-state index in [4.69, 9.17) is 8.60 Å². The number of fused-ring (bicyclic) bond motifs is 1. The van der Waals surface area contributed by atoms with Crippen LogP contribution < -0.4 is 14.3 Å². The first-order valence-corrected chi connectivity index (χ1v) is 8.57. The lowest BCUT2D eigenvalue weighted by Gasteiger charge is -2.08. The van der Waals surface area contributed by atoms with Crippen LogP contribution in [0.25, 0.3) is 22.3 Å². The fourth-order valence-corrected chi connectivity index (χ4v) is 2.78. The van der Waals surface area contributed by atoms with Gasteiger partial charge < -0.3 is 8.60 Å². The first kappa shape index (κ1) is 16.2. The summed E-state index contributed by atoms with van der Waals surface area (Å²) in [4.78, 5) is 12.3. The topological polar surface area (TPSA) is 85.6 Å². The quantitative estimate of drug-likeness (QED) is 0.785. The molecule has 124 valence electrons. The Balaban J connectivity index is 2.15. The Hall–Kier alpha value is -2.64. The Labute approximate surface area is 138 Å². The van der Waals surface area contributed by atoms with Crippen molar-refractivity contribution in [2.24, 2.45) is 0 Å². The molecule has 0 saturated heterocycles. The molecule has 0 spiro atoms. The minimum Gasteiger partial charge on any atom is -0.456 e.